The fraction of sp³-hybridized carbons (Fsp3) is 0.929. The first-order valence-electron chi connectivity index (χ1n) is 7.19. The Morgan fingerprint density at radius 3 is 2.33 bits per heavy atom. The summed E-state index contributed by atoms with van der Waals surface area (Å²) in [6.07, 6.45) is 4.95. The maximum atomic E-state index is 12.0. The van der Waals surface area contributed by atoms with E-state index in [1.807, 2.05) is 0 Å². The second-order valence-electron chi connectivity index (χ2n) is 5.33. The predicted octanol–water partition coefficient (Wildman–Crippen LogP) is 1.86. The molecule has 4 heteroatoms. The zero-order valence-electron chi connectivity index (χ0n) is 11.7. The van der Waals surface area contributed by atoms with Gasteiger partial charge in [0.2, 0.25) is 5.91 Å². The molecule has 0 spiro atoms. The van der Waals surface area contributed by atoms with E-state index in [-0.39, 0.29) is 11.8 Å². The first kappa shape index (κ1) is 15.4. The second-order valence-corrected chi connectivity index (χ2v) is 5.33. The fourth-order valence-electron chi connectivity index (χ4n) is 2.59. The van der Waals surface area contributed by atoms with E-state index in [4.69, 9.17) is 4.74 Å². The van der Waals surface area contributed by atoms with Crippen LogP contribution in [0.1, 0.15) is 52.4 Å². The van der Waals surface area contributed by atoms with Crippen LogP contribution in [0.5, 0.6) is 0 Å². The molecule has 0 aromatic rings. The molecule has 0 unspecified atom stereocenters. The summed E-state index contributed by atoms with van der Waals surface area (Å²) in [4.78, 5) is 12.0. The Hall–Kier alpha value is -0.610. The van der Waals surface area contributed by atoms with Crippen molar-refractivity contribution >= 4 is 5.91 Å². The molecular formula is C14H27NO3. The van der Waals surface area contributed by atoms with E-state index in [9.17, 15) is 9.90 Å². The molecule has 0 bridgehead atoms. The van der Waals surface area contributed by atoms with Crippen molar-refractivity contribution in [3.63, 3.8) is 0 Å². The maximum Gasteiger partial charge on any atom is 0.223 e. The van der Waals surface area contributed by atoms with Gasteiger partial charge in [0.15, 0.2) is 0 Å². The Labute approximate surface area is 110 Å². The lowest BCUT2D eigenvalue weighted by Gasteiger charge is -2.29. The number of carbonyl (C=O) groups excluding carboxylic acids is 1. The Balaban J connectivity index is 2.38. The summed E-state index contributed by atoms with van der Waals surface area (Å²) in [5.41, 5.74) is -0.732. The molecule has 0 saturated carbocycles. The van der Waals surface area contributed by atoms with Crippen LogP contribution in [0.15, 0.2) is 0 Å². The first-order chi connectivity index (χ1) is 8.61. The molecule has 1 aliphatic rings. The van der Waals surface area contributed by atoms with Gasteiger partial charge in [-0.2, -0.15) is 0 Å². The number of hydrogen-bond donors (Lipinski definition) is 2. The van der Waals surface area contributed by atoms with Crippen molar-refractivity contribution in [2.75, 3.05) is 19.8 Å². The van der Waals surface area contributed by atoms with Crippen molar-refractivity contribution in [1.82, 2.24) is 5.32 Å². The quantitative estimate of drug-likeness (QED) is 0.732. The largest absolute Gasteiger partial charge is 0.388 e. The number of aliphatic hydroxyl groups is 1. The molecule has 0 aliphatic carbocycles. The van der Waals surface area contributed by atoms with Crippen LogP contribution in [0.3, 0.4) is 0 Å². The summed E-state index contributed by atoms with van der Waals surface area (Å²) < 4.78 is 5.24. The average Bonchev–Trinajstić information content (AvgIpc) is 2.38. The van der Waals surface area contributed by atoms with E-state index in [0.717, 1.165) is 38.5 Å². The van der Waals surface area contributed by atoms with Crippen molar-refractivity contribution in [3.8, 4) is 0 Å². The summed E-state index contributed by atoms with van der Waals surface area (Å²) in [5, 5.41) is 13.3. The van der Waals surface area contributed by atoms with E-state index in [1.54, 1.807) is 0 Å². The number of ether oxygens (including phenoxy) is 1. The van der Waals surface area contributed by atoms with Crippen molar-refractivity contribution < 1.29 is 14.6 Å². The third-order valence-corrected chi connectivity index (χ3v) is 3.61. The molecule has 1 saturated heterocycles. The lowest BCUT2D eigenvalue weighted by Crippen LogP contribution is -2.45. The van der Waals surface area contributed by atoms with Gasteiger partial charge in [0.25, 0.3) is 0 Å². The Kier molecular flexibility index (Phi) is 6.65. The lowest BCUT2D eigenvalue weighted by molar-refractivity contribution is -0.129. The van der Waals surface area contributed by atoms with Crippen molar-refractivity contribution in [2.24, 2.45) is 5.92 Å². The van der Waals surface area contributed by atoms with Crippen LogP contribution in [0.25, 0.3) is 0 Å². The lowest BCUT2D eigenvalue weighted by atomic mass is 9.92. The summed E-state index contributed by atoms with van der Waals surface area (Å²) >= 11 is 0. The number of amides is 1. The van der Waals surface area contributed by atoms with E-state index in [0.29, 0.717) is 19.8 Å². The van der Waals surface area contributed by atoms with Crippen LogP contribution in [0, 0.1) is 5.92 Å². The highest BCUT2D eigenvalue weighted by Crippen LogP contribution is 2.20. The smallest absolute Gasteiger partial charge is 0.223 e. The minimum absolute atomic E-state index is 0.0613. The molecule has 0 atom stereocenters. The Morgan fingerprint density at radius 2 is 1.83 bits per heavy atom. The van der Waals surface area contributed by atoms with E-state index < -0.39 is 5.60 Å². The molecular weight excluding hydrogens is 230 g/mol. The molecule has 1 heterocycles. The molecule has 2 N–H and O–H groups in total. The van der Waals surface area contributed by atoms with Crippen LogP contribution in [0.2, 0.25) is 0 Å². The molecule has 0 radical (unpaired) electrons. The standard InChI is InChI=1S/C14H27NO3/c1-3-7-14(17,8-4-2)11-15-13(16)12-5-9-18-10-6-12/h12,17H,3-11H2,1-2H3,(H,15,16). The van der Waals surface area contributed by atoms with Gasteiger partial charge >= 0.3 is 0 Å². The van der Waals surface area contributed by atoms with Gasteiger partial charge in [0.1, 0.15) is 0 Å². The van der Waals surface area contributed by atoms with Gasteiger partial charge in [-0.3, -0.25) is 4.79 Å². The maximum absolute atomic E-state index is 12.0. The number of rotatable bonds is 7. The molecule has 106 valence electrons. The zero-order chi connectivity index (χ0) is 13.4. The minimum Gasteiger partial charge on any atom is -0.388 e. The van der Waals surface area contributed by atoms with Gasteiger partial charge in [-0.25, -0.2) is 0 Å². The highest BCUT2D eigenvalue weighted by atomic mass is 16.5. The van der Waals surface area contributed by atoms with Crippen LogP contribution in [0.4, 0.5) is 0 Å². The number of nitrogens with one attached hydrogen (secondary N) is 1. The Bertz CT molecular complexity index is 243. The third-order valence-electron chi connectivity index (χ3n) is 3.61. The van der Waals surface area contributed by atoms with E-state index in [2.05, 4.69) is 19.2 Å². The van der Waals surface area contributed by atoms with Crippen molar-refractivity contribution in [3.05, 3.63) is 0 Å². The summed E-state index contributed by atoms with van der Waals surface area (Å²) in [6, 6.07) is 0. The SMILES string of the molecule is CCCC(O)(CCC)CNC(=O)C1CCOCC1. The summed E-state index contributed by atoms with van der Waals surface area (Å²) in [6.45, 7) is 5.84. The molecule has 0 aromatic carbocycles. The van der Waals surface area contributed by atoms with Gasteiger partial charge in [-0.1, -0.05) is 26.7 Å². The average molecular weight is 257 g/mol. The van der Waals surface area contributed by atoms with Gasteiger partial charge in [0.05, 0.1) is 5.60 Å². The highest BCUT2D eigenvalue weighted by Gasteiger charge is 2.28. The summed E-state index contributed by atoms with van der Waals surface area (Å²) in [7, 11) is 0. The van der Waals surface area contributed by atoms with E-state index in [1.165, 1.54) is 0 Å². The molecule has 1 fully saturated rings. The van der Waals surface area contributed by atoms with Crippen LogP contribution >= 0.6 is 0 Å². The number of carbonyl (C=O) groups is 1. The minimum atomic E-state index is -0.732. The van der Waals surface area contributed by atoms with Crippen LogP contribution in [-0.4, -0.2) is 36.4 Å². The van der Waals surface area contributed by atoms with Crippen LogP contribution in [-0.2, 0) is 9.53 Å². The topological polar surface area (TPSA) is 58.6 Å². The van der Waals surface area contributed by atoms with Crippen molar-refractivity contribution in [2.45, 2.75) is 58.0 Å². The summed E-state index contributed by atoms with van der Waals surface area (Å²) in [5.74, 6) is 0.134. The molecule has 18 heavy (non-hydrogen) atoms. The molecule has 4 nitrogen and oxygen atoms in total. The molecule has 1 amide bonds. The second kappa shape index (κ2) is 7.74. The molecule has 0 aromatic heterocycles. The predicted molar refractivity (Wildman–Crippen MR) is 71.3 cm³/mol. The Morgan fingerprint density at radius 1 is 1.28 bits per heavy atom. The van der Waals surface area contributed by atoms with E-state index >= 15 is 0 Å². The highest BCUT2D eigenvalue weighted by molar-refractivity contribution is 5.78. The first-order valence-corrected chi connectivity index (χ1v) is 7.19. The monoisotopic (exact) mass is 257 g/mol. The van der Waals surface area contributed by atoms with Gasteiger partial charge in [-0.15, -0.1) is 0 Å². The van der Waals surface area contributed by atoms with Crippen molar-refractivity contribution in [1.29, 1.82) is 0 Å². The van der Waals surface area contributed by atoms with Gasteiger partial charge in [0, 0.05) is 25.7 Å². The van der Waals surface area contributed by atoms with Crippen LogP contribution < -0.4 is 5.32 Å². The molecule has 1 aliphatic heterocycles. The number of hydrogen-bond acceptors (Lipinski definition) is 3. The van der Waals surface area contributed by atoms with Gasteiger partial charge < -0.3 is 15.2 Å². The third kappa shape index (κ3) is 4.94. The molecule has 1 rings (SSSR count). The fourth-order valence-corrected chi connectivity index (χ4v) is 2.59. The normalized spacial score (nSPS) is 17.7. The zero-order valence-corrected chi connectivity index (χ0v) is 11.7. The van der Waals surface area contributed by atoms with Gasteiger partial charge in [-0.05, 0) is 25.7 Å².